The van der Waals surface area contributed by atoms with E-state index >= 15 is 0 Å². The number of hydrogen-bond donors (Lipinski definition) is 8. The zero-order valence-corrected chi connectivity index (χ0v) is 46.5. The lowest BCUT2D eigenvalue weighted by molar-refractivity contribution is -0.142. The van der Waals surface area contributed by atoms with Crippen molar-refractivity contribution < 1.29 is 68.3 Å². The minimum Gasteiger partial charge on any atom is -0.870 e. The summed E-state index contributed by atoms with van der Waals surface area (Å²) in [6, 6.07) is 26.1. The summed E-state index contributed by atoms with van der Waals surface area (Å²) in [5.74, 6) is -3.89. The summed E-state index contributed by atoms with van der Waals surface area (Å²) in [7, 11) is 2.66. The fourth-order valence-electron chi connectivity index (χ4n) is 7.00. The Morgan fingerprint density at radius 2 is 0.785 bits per heavy atom. The van der Waals surface area contributed by atoms with Crippen molar-refractivity contribution >= 4 is 53.4 Å². The van der Waals surface area contributed by atoms with Gasteiger partial charge in [-0.25, -0.2) is 0 Å². The molecular formula is C59H85N6O14-. The molecule has 0 spiro atoms. The summed E-state index contributed by atoms with van der Waals surface area (Å²) in [5, 5.41) is 30.5. The number of aliphatic carboxylic acids is 2. The number of amides is 5. The van der Waals surface area contributed by atoms with Gasteiger partial charge in [0.1, 0.15) is 12.1 Å². The lowest BCUT2D eigenvalue weighted by atomic mass is 10.0. The molecular weight excluding hydrogens is 1020 g/mol. The van der Waals surface area contributed by atoms with Gasteiger partial charge in [0.15, 0.2) is 0 Å². The lowest BCUT2D eigenvalue weighted by Crippen LogP contribution is -2.49. The van der Waals surface area contributed by atoms with Crippen molar-refractivity contribution in [3.05, 3.63) is 146 Å². The van der Waals surface area contributed by atoms with Crippen LogP contribution in [0.15, 0.2) is 129 Å². The number of hydrogen-bond acceptors (Lipinski definition) is 13. The summed E-state index contributed by atoms with van der Waals surface area (Å²) in [6.45, 7) is 15.8. The maximum atomic E-state index is 12.6. The Balaban J connectivity index is 0. The highest BCUT2D eigenvalue weighted by Gasteiger charge is 2.25. The Morgan fingerprint density at radius 3 is 1.05 bits per heavy atom. The zero-order valence-electron chi connectivity index (χ0n) is 46.5. The number of aryl methyl sites for hydroxylation is 3. The van der Waals surface area contributed by atoms with E-state index in [9.17, 15) is 43.2 Å². The summed E-state index contributed by atoms with van der Waals surface area (Å²) < 4.78 is 9.41. The number of benzene rings is 3. The monoisotopic (exact) mass is 1100 g/mol. The van der Waals surface area contributed by atoms with Crippen molar-refractivity contribution in [1.82, 2.24) is 26.6 Å². The average Bonchev–Trinajstić information content (AvgIpc) is 3.43. The maximum absolute atomic E-state index is 12.6. The van der Waals surface area contributed by atoms with Crippen LogP contribution in [-0.2, 0) is 71.9 Å². The van der Waals surface area contributed by atoms with Gasteiger partial charge in [-0.2, -0.15) is 0 Å². The molecule has 5 amide bonds. The zero-order chi connectivity index (χ0) is 58.7. The summed E-state index contributed by atoms with van der Waals surface area (Å²) in [4.78, 5) is 104. The smallest absolute Gasteiger partial charge is 0.307 e. The van der Waals surface area contributed by atoms with E-state index in [2.05, 4.69) is 51.1 Å². The van der Waals surface area contributed by atoms with Crippen LogP contribution in [0.25, 0.3) is 0 Å². The molecule has 79 heavy (non-hydrogen) atoms. The molecule has 0 fully saturated rings. The minimum absolute atomic E-state index is 0. The van der Waals surface area contributed by atoms with E-state index < -0.39 is 36.1 Å². The number of esters is 2. The molecule has 0 saturated heterocycles. The summed E-state index contributed by atoms with van der Waals surface area (Å²) >= 11 is 0. The number of methoxy groups -OCH3 is 2. The molecule has 3 aromatic rings. The third kappa shape index (κ3) is 36.7. The first-order valence-electron chi connectivity index (χ1n) is 26.1. The average molecular weight is 1100 g/mol. The van der Waals surface area contributed by atoms with Crippen molar-refractivity contribution in [1.29, 1.82) is 0 Å². The minimum atomic E-state index is -0.976. The van der Waals surface area contributed by atoms with Gasteiger partial charge in [-0.05, 0) is 74.5 Å². The number of carboxylic acid groups (broad SMARTS) is 2. The van der Waals surface area contributed by atoms with Crippen LogP contribution in [0.5, 0.6) is 0 Å². The fourth-order valence-corrected chi connectivity index (χ4v) is 7.00. The highest BCUT2D eigenvalue weighted by Crippen LogP contribution is 2.12. The second kappa shape index (κ2) is 45.1. The molecule has 0 aliphatic carbocycles. The van der Waals surface area contributed by atoms with Crippen molar-refractivity contribution in [2.45, 2.75) is 153 Å². The SMILES string of the molecule is C=CCC(N)C(=O)N[C@@H](CCc1ccccc1)CC(=O)OC.C=CCC(NC(=O)CC)C(=O)N[C@@H](CCc1ccccc1)CC(=O)O.C=CCC(NC(=O)CC)C(=O)N[C@@H](CCc1ccccc1)CC(=O)OC.CCC(=O)O.[OH-]. The van der Waals surface area contributed by atoms with E-state index in [-0.39, 0.29) is 97.6 Å². The molecule has 0 aromatic heterocycles. The Morgan fingerprint density at radius 1 is 0.481 bits per heavy atom. The Labute approximate surface area is 465 Å². The van der Waals surface area contributed by atoms with Crippen LogP contribution in [0.1, 0.15) is 115 Å². The van der Waals surface area contributed by atoms with E-state index in [1.54, 1.807) is 39.0 Å². The molecule has 20 heteroatoms. The van der Waals surface area contributed by atoms with Gasteiger partial charge in [-0.3, -0.25) is 43.2 Å². The third-order valence-corrected chi connectivity index (χ3v) is 11.4. The number of nitrogens with one attached hydrogen (secondary N) is 5. The molecule has 20 nitrogen and oxygen atoms in total. The molecule has 436 valence electrons. The van der Waals surface area contributed by atoms with Crippen molar-refractivity contribution in [3.63, 3.8) is 0 Å². The van der Waals surface area contributed by atoms with Gasteiger partial charge in [-0.1, -0.05) is 130 Å². The Hall–Kier alpha value is -7.97. The van der Waals surface area contributed by atoms with E-state index in [0.717, 1.165) is 29.5 Å². The quantitative estimate of drug-likeness (QED) is 0.0260. The molecule has 0 bridgehead atoms. The largest absolute Gasteiger partial charge is 0.870 e. The van der Waals surface area contributed by atoms with Crippen LogP contribution in [-0.4, -0.2) is 120 Å². The molecule has 10 N–H and O–H groups in total. The highest BCUT2D eigenvalue weighted by molar-refractivity contribution is 5.89. The van der Waals surface area contributed by atoms with E-state index in [0.29, 0.717) is 44.9 Å². The predicted octanol–water partition coefficient (Wildman–Crippen LogP) is 6.06. The molecule has 0 saturated carbocycles. The number of ether oxygens (including phenoxy) is 2. The van der Waals surface area contributed by atoms with Crippen LogP contribution in [0.3, 0.4) is 0 Å². The molecule has 0 aliphatic heterocycles. The topological polar surface area (TPSA) is 329 Å². The summed E-state index contributed by atoms with van der Waals surface area (Å²) in [5.41, 5.74) is 9.10. The Bertz CT molecular complexity index is 2280. The van der Waals surface area contributed by atoms with Crippen molar-refractivity contribution in [2.24, 2.45) is 5.73 Å². The van der Waals surface area contributed by atoms with Crippen LogP contribution >= 0.6 is 0 Å². The van der Waals surface area contributed by atoms with Crippen LogP contribution in [0.2, 0.25) is 0 Å². The molecule has 0 radical (unpaired) electrons. The molecule has 6 atom stereocenters. The van der Waals surface area contributed by atoms with Gasteiger partial charge >= 0.3 is 23.9 Å². The van der Waals surface area contributed by atoms with Gasteiger partial charge in [0.05, 0.1) is 39.5 Å². The molecule has 0 heterocycles. The first-order chi connectivity index (χ1) is 37.3. The van der Waals surface area contributed by atoms with Crippen LogP contribution < -0.4 is 32.3 Å². The van der Waals surface area contributed by atoms with Gasteiger partial charge in [0.2, 0.25) is 29.5 Å². The first kappa shape index (κ1) is 73.1. The molecule has 3 unspecified atom stereocenters. The van der Waals surface area contributed by atoms with E-state index in [1.807, 2.05) is 91.0 Å². The number of carboxylic acids is 2. The van der Waals surface area contributed by atoms with Crippen LogP contribution in [0.4, 0.5) is 0 Å². The van der Waals surface area contributed by atoms with E-state index in [4.69, 9.17) is 20.7 Å². The third-order valence-electron chi connectivity index (χ3n) is 11.4. The highest BCUT2D eigenvalue weighted by atomic mass is 16.5. The maximum Gasteiger partial charge on any atom is 0.307 e. The normalized spacial score (nSPS) is 12.2. The second-order valence-corrected chi connectivity index (χ2v) is 17.7. The number of carbonyl (C=O) groups is 9. The van der Waals surface area contributed by atoms with Gasteiger partial charge in [-0.15, -0.1) is 19.7 Å². The van der Waals surface area contributed by atoms with Gasteiger partial charge in [0, 0.05) is 37.4 Å². The molecule has 0 aliphatic rings. The lowest BCUT2D eigenvalue weighted by Gasteiger charge is -2.22. The predicted molar refractivity (Wildman–Crippen MR) is 302 cm³/mol. The fraction of sp³-hybridized carbons (Fsp3) is 0.441. The van der Waals surface area contributed by atoms with Crippen molar-refractivity contribution in [3.8, 4) is 0 Å². The standard InChI is InChI=1S/C20H28N2O4.C19H26N2O4.C17H24N2O3.C3H6O2.H2O/c1-4-9-17(22-18(23)5-2)20(25)21-16(14-19(24)26-3)13-12-15-10-7-6-8-11-15;1-3-8-16(21-17(22)4-2)19(25)20-15(13-18(23)24)12-11-14-9-6-5-7-10-14;1-3-7-15(18)17(21)19-14(12-16(20)22-2)11-10-13-8-5-4-6-9-13;1-2-3(4)5;/h4,6-8,10-11,16-17H,1,5,9,12-14H2,2-3H3,(H,21,25)(H,22,23);3,5-7,9-10,15-16H,1,4,8,11-13H2,2H3,(H,20,25)(H,21,22)(H,23,24);3-6,8-9,14-15H,1,7,10-12,18H2,2H3,(H,19,21);2H2,1H3,(H,4,5);1H2/p-1/t16-,17?;15-,16?;14-,15?;;/m000../s1. The van der Waals surface area contributed by atoms with Gasteiger partial charge in [0.25, 0.3) is 0 Å². The molecule has 3 rings (SSSR count). The van der Waals surface area contributed by atoms with Crippen LogP contribution in [0, 0.1) is 0 Å². The number of rotatable bonds is 32. The van der Waals surface area contributed by atoms with E-state index in [1.165, 1.54) is 14.2 Å². The molecule has 3 aromatic carbocycles. The summed E-state index contributed by atoms with van der Waals surface area (Å²) in [6.07, 6.45) is 10.5. The number of nitrogens with two attached hydrogens (primary N) is 1. The van der Waals surface area contributed by atoms with Gasteiger partial charge < -0.3 is 57.5 Å². The number of carbonyl (C=O) groups excluding carboxylic acids is 7. The van der Waals surface area contributed by atoms with Crippen molar-refractivity contribution in [2.75, 3.05) is 14.2 Å². The first-order valence-corrected chi connectivity index (χ1v) is 26.1. The Kier molecular flexibility index (Phi) is 41.7. The second-order valence-electron chi connectivity index (χ2n) is 17.7.